The highest BCUT2D eigenvalue weighted by Crippen LogP contribution is 2.23. The largest absolute Gasteiger partial charge is 0.355 e. The van der Waals surface area contributed by atoms with Crippen LogP contribution < -0.4 is 11.1 Å². The number of nitrogens with one attached hydrogen (secondary N) is 1. The van der Waals surface area contributed by atoms with Crippen molar-refractivity contribution in [3.8, 4) is 0 Å². The Labute approximate surface area is 127 Å². The van der Waals surface area contributed by atoms with Gasteiger partial charge in [-0.15, -0.1) is 0 Å². The van der Waals surface area contributed by atoms with E-state index >= 15 is 0 Å². The maximum Gasteiger partial charge on any atom is 0.242 e. The van der Waals surface area contributed by atoms with Gasteiger partial charge in [0.1, 0.15) is 6.04 Å². The Balaban J connectivity index is 1.94. The maximum absolute atomic E-state index is 12.5. The summed E-state index contributed by atoms with van der Waals surface area (Å²) in [4.78, 5) is 28.4. The predicted molar refractivity (Wildman–Crippen MR) is 81.7 cm³/mol. The molecule has 1 aliphatic heterocycles. The molecule has 1 aliphatic carbocycles. The molecule has 0 spiro atoms. The monoisotopic (exact) mass is 296 g/mol. The van der Waals surface area contributed by atoms with Crippen LogP contribution in [0.25, 0.3) is 0 Å². The normalized spacial score (nSPS) is 26.6. The number of rotatable bonds is 5. The number of nitrogens with two attached hydrogens (primary N) is 1. The van der Waals surface area contributed by atoms with E-state index in [0.29, 0.717) is 32.1 Å². The van der Waals surface area contributed by atoms with Crippen LogP contribution in [0, 0.1) is 0 Å². The molecule has 21 heavy (non-hydrogen) atoms. The van der Waals surface area contributed by atoms with Gasteiger partial charge in [0.25, 0.3) is 0 Å². The van der Waals surface area contributed by atoms with Crippen molar-refractivity contribution in [2.75, 3.05) is 26.7 Å². The van der Waals surface area contributed by atoms with Crippen molar-refractivity contribution in [1.29, 1.82) is 0 Å². The van der Waals surface area contributed by atoms with Gasteiger partial charge in [0.2, 0.25) is 11.8 Å². The van der Waals surface area contributed by atoms with Crippen molar-refractivity contribution in [1.82, 2.24) is 15.1 Å². The van der Waals surface area contributed by atoms with Crippen LogP contribution in [0.15, 0.2) is 0 Å². The number of carbonyl (C=O) groups excluding carboxylic acids is 2. The van der Waals surface area contributed by atoms with Gasteiger partial charge in [0.15, 0.2) is 0 Å². The third kappa shape index (κ3) is 3.95. The lowest BCUT2D eigenvalue weighted by molar-refractivity contribution is -0.139. The van der Waals surface area contributed by atoms with Crippen molar-refractivity contribution in [3.05, 3.63) is 0 Å². The Kier molecular flexibility index (Phi) is 5.58. The van der Waals surface area contributed by atoms with E-state index in [0.717, 1.165) is 0 Å². The van der Waals surface area contributed by atoms with Gasteiger partial charge in [-0.25, -0.2) is 0 Å². The van der Waals surface area contributed by atoms with E-state index in [1.54, 1.807) is 4.90 Å². The molecule has 0 unspecified atom stereocenters. The van der Waals surface area contributed by atoms with Gasteiger partial charge in [-0.2, -0.15) is 0 Å². The summed E-state index contributed by atoms with van der Waals surface area (Å²) in [7, 11) is 2.00. The summed E-state index contributed by atoms with van der Waals surface area (Å²) < 4.78 is 0. The van der Waals surface area contributed by atoms with Crippen LogP contribution in [-0.2, 0) is 9.59 Å². The van der Waals surface area contributed by atoms with Gasteiger partial charge >= 0.3 is 0 Å². The molecular formula is C15H28N4O2. The first-order chi connectivity index (χ1) is 10.0. The molecule has 1 saturated heterocycles. The highest BCUT2D eigenvalue weighted by Gasteiger charge is 2.38. The van der Waals surface area contributed by atoms with Gasteiger partial charge in [0.05, 0.1) is 6.54 Å². The first-order valence-corrected chi connectivity index (χ1v) is 8.06. The standard InChI is InChI=1S/C15H28N4O2/c1-3-17-15(21)13-8-11(16)9-19(13)14(20)10-18(2)12-6-4-5-7-12/h11-13H,3-10,16H2,1-2H3,(H,17,21)/t11-,13-/m0/s1. The van der Waals surface area contributed by atoms with Crippen LogP contribution in [0.3, 0.4) is 0 Å². The fourth-order valence-corrected chi connectivity index (χ4v) is 3.46. The second-order valence-corrected chi connectivity index (χ2v) is 6.31. The molecule has 0 bridgehead atoms. The molecule has 1 heterocycles. The van der Waals surface area contributed by atoms with Crippen molar-refractivity contribution in [2.45, 2.75) is 57.2 Å². The summed E-state index contributed by atoms with van der Waals surface area (Å²) in [6.45, 7) is 3.33. The Hall–Kier alpha value is -1.14. The number of amides is 2. The summed E-state index contributed by atoms with van der Waals surface area (Å²) in [5.41, 5.74) is 5.95. The van der Waals surface area contributed by atoms with Crippen LogP contribution in [0.2, 0.25) is 0 Å². The smallest absolute Gasteiger partial charge is 0.242 e. The lowest BCUT2D eigenvalue weighted by atomic mass is 10.1. The molecule has 2 atom stereocenters. The number of likely N-dealkylation sites (N-methyl/N-ethyl adjacent to an activating group) is 2. The van der Waals surface area contributed by atoms with Crippen LogP contribution in [0.1, 0.15) is 39.0 Å². The van der Waals surface area contributed by atoms with Crippen LogP contribution in [0.4, 0.5) is 0 Å². The molecule has 0 aromatic heterocycles. The Morgan fingerprint density at radius 1 is 1.33 bits per heavy atom. The van der Waals surface area contributed by atoms with Crippen molar-refractivity contribution >= 4 is 11.8 Å². The molecule has 2 rings (SSSR count). The van der Waals surface area contributed by atoms with E-state index in [-0.39, 0.29) is 17.9 Å². The number of likely N-dealkylation sites (tertiary alicyclic amines) is 1. The van der Waals surface area contributed by atoms with E-state index < -0.39 is 6.04 Å². The Bertz CT molecular complexity index is 382. The maximum atomic E-state index is 12.5. The summed E-state index contributed by atoms with van der Waals surface area (Å²) in [5.74, 6) is -0.0593. The molecule has 6 heteroatoms. The second kappa shape index (κ2) is 7.22. The minimum Gasteiger partial charge on any atom is -0.355 e. The molecule has 2 amide bonds. The minimum atomic E-state index is -0.399. The lowest BCUT2D eigenvalue weighted by Crippen LogP contribution is -2.49. The van der Waals surface area contributed by atoms with E-state index in [1.165, 1.54) is 25.7 Å². The fraction of sp³-hybridized carbons (Fsp3) is 0.867. The van der Waals surface area contributed by atoms with Gasteiger partial charge in [-0.1, -0.05) is 12.8 Å². The third-order valence-electron chi connectivity index (χ3n) is 4.64. The van der Waals surface area contributed by atoms with Crippen LogP contribution in [0.5, 0.6) is 0 Å². The predicted octanol–water partition coefficient (Wildman–Crippen LogP) is -0.0749. The first kappa shape index (κ1) is 16.2. The minimum absolute atomic E-state index is 0.0219. The highest BCUT2D eigenvalue weighted by atomic mass is 16.2. The van der Waals surface area contributed by atoms with Crippen molar-refractivity contribution < 1.29 is 9.59 Å². The first-order valence-electron chi connectivity index (χ1n) is 8.06. The van der Waals surface area contributed by atoms with Crippen molar-refractivity contribution in [2.24, 2.45) is 5.73 Å². The number of carbonyl (C=O) groups is 2. The quantitative estimate of drug-likeness (QED) is 0.744. The highest BCUT2D eigenvalue weighted by molar-refractivity contribution is 5.89. The van der Waals surface area contributed by atoms with E-state index in [2.05, 4.69) is 10.2 Å². The van der Waals surface area contributed by atoms with E-state index in [9.17, 15) is 9.59 Å². The average molecular weight is 296 g/mol. The van der Waals surface area contributed by atoms with E-state index in [4.69, 9.17) is 5.73 Å². The van der Waals surface area contributed by atoms with Gasteiger partial charge in [-0.05, 0) is 33.2 Å². The Morgan fingerprint density at radius 3 is 2.62 bits per heavy atom. The molecule has 2 aliphatic rings. The van der Waals surface area contributed by atoms with Gasteiger partial charge in [-0.3, -0.25) is 14.5 Å². The molecule has 0 aromatic rings. The summed E-state index contributed by atoms with van der Waals surface area (Å²) in [6, 6.07) is 0.0101. The third-order valence-corrected chi connectivity index (χ3v) is 4.64. The topological polar surface area (TPSA) is 78.7 Å². The van der Waals surface area contributed by atoms with Crippen molar-refractivity contribution in [3.63, 3.8) is 0 Å². The zero-order valence-electron chi connectivity index (χ0n) is 13.2. The summed E-state index contributed by atoms with van der Waals surface area (Å²) in [5, 5.41) is 2.80. The molecule has 3 N–H and O–H groups in total. The molecular weight excluding hydrogens is 268 g/mol. The van der Waals surface area contributed by atoms with Crippen LogP contribution >= 0.6 is 0 Å². The molecule has 6 nitrogen and oxygen atoms in total. The average Bonchev–Trinajstić information content (AvgIpc) is 3.07. The van der Waals surface area contributed by atoms with E-state index in [1.807, 2.05) is 14.0 Å². The summed E-state index contributed by atoms with van der Waals surface area (Å²) in [6.07, 6.45) is 5.40. The molecule has 0 radical (unpaired) electrons. The van der Waals surface area contributed by atoms with Gasteiger partial charge < -0.3 is 16.0 Å². The Morgan fingerprint density at radius 2 is 2.00 bits per heavy atom. The zero-order valence-corrected chi connectivity index (χ0v) is 13.2. The number of hydrogen-bond donors (Lipinski definition) is 2. The molecule has 120 valence electrons. The zero-order chi connectivity index (χ0) is 15.4. The SMILES string of the molecule is CCNC(=O)[C@@H]1C[C@H](N)CN1C(=O)CN(C)C1CCCC1. The fourth-order valence-electron chi connectivity index (χ4n) is 3.46. The molecule has 0 aromatic carbocycles. The van der Waals surface area contributed by atoms with Crippen LogP contribution in [-0.4, -0.2) is 66.4 Å². The lowest BCUT2D eigenvalue weighted by Gasteiger charge is -2.28. The molecule has 1 saturated carbocycles. The number of nitrogens with zero attached hydrogens (tertiary/aromatic N) is 2. The molecule has 2 fully saturated rings. The number of hydrogen-bond acceptors (Lipinski definition) is 4. The summed E-state index contributed by atoms with van der Waals surface area (Å²) >= 11 is 0. The van der Waals surface area contributed by atoms with Gasteiger partial charge in [0, 0.05) is 25.2 Å². The second-order valence-electron chi connectivity index (χ2n) is 6.31.